The molecule has 4 rings (SSSR count). The molecule has 4 N–H and O–H groups in total. The van der Waals surface area contributed by atoms with E-state index in [9.17, 15) is 22.8 Å². The van der Waals surface area contributed by atoms with Crippen molar-refractivity contribution in [2.24, 2.45) is 5.73 Å². The lowest BCUT2D eigenvalue weighted by Crippen LogP contribution is -2.42. The van der Waals surface area contributed by atoms with E-state index in [0.29, 0.717) is 28.8 Å². The summed E-state index contributed by atoms with van der Waals surface area (Å²) in [6.07, 6.45) is 3.11. The highest BCUT2D eigenvalue weighted by Gasteiger charge is 2.27. The minimum atomic E-state index is -0.919. The third-order valence-electron chi connectivity index (χ3n) is 5.77. The molecule has 34 heavy (non-hydrogen) atoms. The Morgan fingerprint density at radius 3 is 2.56 bits per heavy atom. The number of rotatable bonds is 7. The Morgan fingerprint density at radius 2 is 1.88 bits per heavy atom. The van der Waals surface area contributed by atoms with Crippen molar-refractivity contribution in [1.82, 2.24) is 15.6 Å². The third-order valence-corrected chi connectivity index (χ3v) is 5.77. The first-order valence-electron chi connectivity index (χ1n) is 10.8. The first-order valence-corrected chi connectivity index (χ1v) is 10.8. The van der Waals surface area contributed by atoms with Crippen LogP contribution in [0, 0.1) is 17.5 Å². The molecule has 1 aliphatic heterocycles. The number of hydrogen-bond acceptors (Lipinski definition) is 4. The molecule has 9 heteroatoms. The van der Waals surface area contributed by atoms with E-state index in [-0.39, 0.29) is 23.9 Å². The molecule has 2 amide bonds. The van der Waals surface area contributed by atoms with Crippen LogP contribution in [0.5, 0.6) is 0 Å². The highest BCUT2D eigenvalue weighted by molar-refractivity contribution is 5.94. The summed E-state index contributed by atoms with van der Waals surface area (Å²) in [5, 5.41) is 6.07. The summed E-state index contributed by atoms with van der Waals surface area (Å²) in [5.74, 6) is -3.40. The van der Waals surface area contributed by atoms with E-state index < -0.39 is 29.4 Å². The third kappa shape index (κ3) is 5.26. The molecule has 0 aliphatic carbocycles. The molecule has 2 heterocycles. The van der Waals surface area contributed by atoms with Crippen LogP contribution in [0.3, 0.4) is 0 Å². The summed E-state index contributed by atoms with van der Waals surface area (Å²) in [7, 11) is 0. The van der Waals surface area contributed by atoms with Crippen molar-refractivity contribution < 1.29 is 22.8 Å². The van der Waals surface area contributed by atoms with Gasteiger partial charge in [-0.2, -0.15) is 0 Å². The summed E-state index contributed by atoms with van der Waals surface area (Å²) < 4.78 is 41.8. The van der Waals surface area contributed by atoms with Gasteiger partial charge in [0.1, 0.15) is 17.5 Å². The number of nitrogens with zero attached hydrogens (tertiary/aromatic N) is 1. The van der Waals surface area contributed by atoms with Crippen LogP contribution in [0.25, 0.3) is 11.1 Å². The van der Waals surface area contributed by atoms with Crippen molar-refractivity contribution >= 4 is 11.8 Å². The number of benzene rings is 2. The van der Waals surface area contributed by atoms with Gasteiger partial charge in [-0.1, -0.05) is 12.1 Å². The van der Waals surface area contributed by atoms with Crippen molar-refractivity contribution in [2.45, 2.75) is 31.3 Å². The lowest BCUT2D eigenvalue weighted by Gasteiger charge is -2.23. The Balaban J connectivity index is 1.76. The van der Waals surface area contributed by atoms with Crippen LogP contribution in [-0.2, 0) is 11.2 Å². The van der Waals surface area contributed by atoms with E-state index in [4.69, 9.17) is 5.73 Å². The van der Waals surface area contributed by atoms with Crippen molar-refractivity contribution in [1.29, 1.82) is 0 Å². The lowest BCUT2D eigenvalue weighted by molar-refractivity contribution is -0.123. The molecule has 1 saturated heterocycles. The van der Waals surface area contributed by atoms with Gasteiger partial charge in [-0.25, -0.2) is 13.2 Å². The van der Waals surface area contributed by atoms with Gasteiger partial charge in [0.05, 0.1) is 23.3 Å². The summed E-state index contributed by atoms with van der Waals surface area (Å²) in [6, 6.07) is 9.31. The fraction of sp³-hybridized carbons (Fsp3) is 0.240. The number of pyridine rings is 1. The Bertz CT molecular complexity index is 1210. The molecule has 3 aromatic rings. The number of carbonyl (C=O) groups is 2. The second-order valence-corrected chi connectivity index (χ2v) is 8.19. The fourth-order valence-corrected chi connectivity index (χ4v) is 4.18. The van der Waals surface area contributed by atoms with Crippen molar-refractivity contribution in [3.8, 4) is 11.1 Å². The first-order chi connectivity index (χ1) is 16.3. The number of carbonyl (C=O) groups excluding carboxylic acids is 2. The van der Waals surface area contributed by atoms with E-state index in [1.54, 1.807) is 12.1 Å². The van der Waals surface area contributed by atoms with Gasteiger partial charge in [-0.3, -0.25) is 14.6 Å². The SMILES string of the molecule is NC(=O)c1cc(-c2cccnc2C(Cc2cc(F)cc(F)c2)NC(=O)C2CCCN2)ccc1F. The van der Waals surface area contributed by atoms with E-state index in [2.05, 4.69) is 15.6 Å². The predicted molar refractivity (Wildman–Crippen MR) is 120 cm³/mol. The van der Waals surface area contributed by atoms with Crippen LogP contribution in [0.15, 0.2) is 54.7 Å². The largest absolute Gasteiger partial charge is 0.366 e. The monoisotopic (exact) mass is 468 g/mol. The molecule has 2 atom stereocenters. The Kier molecular flexibility index (Phi) is 6.93. The van der Waals surface area contributed by atoms with Gasteiger partial charge in [0.25, 0.3) is 5.91 Å². The zero-order valence-electron chi connectivity index (χ0n) is 18.2. The standard InChI is InChI=1S/C25H23F3N4O2/c26-16-9-14(10-17(27)13-16)11-22(32-25(34)21-4-2-7-30-21)23-18(3-1-8-31-23)15-5-6-20(28)19(12-15)24(29)33/h1,3,5-6,8-10,12-13,21-22,30H,2,4,7,11H2,(H2,29,33)(H,32,34). The quantitative estimate of drug-likeness (QED) is 0.495. The maximum absolute atomic E-state index is 14.1. The topological polar surface area (TPSA) is 97.1 Å². The van der Waals surface area contributed by atoms with Gasteiger partial charge >= 0.3 is 0 Å². The average molecular weight is 468 g/mol. The van der Waals surface area contributed by atoms with E-state index in [0.717, 1.165) is 25.1 Å². The highest BCUT2D eigenvalue weighted by atomic mass is 19.1. The molecule has 0 spiro atoms. The number of nitrogens with one attached hydrogen (secondary N) is 2. The van der Waals surface area contributed by atoms with Crippen LogP contribution >= 0.6 is 0 Å². The van der Waals surface area contributed by atoms with Crippen molar-refractivity contribution in [3.05, 3.63) is 89.0 Å². The van der Waals surface area contributed by atoms with E-state index in [1.165, 1.54) is 30.5 Å². The number of hydrogen-bond donors (Lipinski definition) is 3. The smallest absolute Gasteiger partial charge is 0.251 e. The minimum absolute atomic E-state index is 0.0566. The summed E-state index contributed by atoms with van der Waals surface area (Å²) >= 11 is 0. The minimum Gasteiger partial charge on any atom is -0.366 e. The number of nitrogens with two attached hydrogens (primary N) is 1. The molecule has 2 aromatic carbocycles. The molecule has 1 fully saturated rings. The molecule has 2 unspecified atom stereocenters. The Hall–Kier alpha value is -3.72. The van der Waals surface area contributed by atoms with Crippen LogP contribution in [0.2, 0.25) is 0 Å². The lowest BCUT2D eigenvalue weighted by atomic mass is 9.94. The first kappa shape index (κ1) is 23.4. The number of primary amides is 1. The normalized spacial score (nSPS) is 16.3. The van der Waals surface area contributed by atoms with Crippen LogP contribution < -0.4 is 16.4 Å². The van der Waals surface area contributed by atoms with Gasteiger partial charge in [-0.05, 0) is 67.3 Å². The van der Waals surface area contributed by atoms with Gasteiger partial charge in [0.15, 0.2) is 0 Å². The Labute approximate surface area is 194 Å². The molecule has 1 aliphatic rings. The molecular weight excluding hydrogens is 445 g/mol. The molecule has 0 saturated carbocycles. The zero-order chi connectivity index (χ0) is 24.2. The van der Waals surface area contributed by atoms with E-state index in [1.807, 2.05) is 0 Å². The van der Waals surface area contributed by atoms with Crippen molar-refractivity contribution in [3.63, 3.8) is 0 Å². The summed E-state index contributed by atoms with van der Waals surface area (Å²) in [4.78, 5) is 29.0. The second kappa shape index (κ2) is 10.0. The number of aromatic nitrogens is 1. The zero-order valence-corrected chi connectivity index (χ0v) is 18.2. The predicted octanol–water partition coefficient (Wildman–Crippen LogP) is 3.42. The average Bonchev–Trinajstić information content (AvgIpc) is 3.33. The molecule has 0 radical (unpaired) electrons. The van der Waals surface area contributed by atoms with Gasteiger partial charge in [0, 0.05) is 17.8 Å². The van der Waals surface area contributed by atoms with Crippen LogP contribution in [0.1, 0.15) is 40.5 Å². The van der Waals surface area contributed by atoms with Crippen LogP contribution in [-0.4, -0.2) is 29.4 Å². The van der Waals surface area contributed by atoms with Gasteiger partial charge in [-0.15, -0.1) is 0 Å². The second-order valence-electron chi connectivity index (χ2n) is 8.19. The highest BCUT2D eigenvalue weighted by Crippen LogP contribution is 2.30. The molecule has 176 valence electrons. The number of amides is 2. The van der Waals surface area contributed by atoms with E-state index >= 15 is 0 Å². The molecule has 6 nitrogen and oxygen atoms in total. The maximum atomic E-state index is 14.1. The van der Waals surface area contributed by atoms with Gasteiger partial charge < -0.3 is 16.4 Å². The number of halogens is 3. The molecular formula is C25H23F3N4O2. The van der Waals surface area contributed by atoms with Crippen LogP contribution in [0.4, 0.5) is 13.2 Å². The molecule has 0 bridgehead atoms. The van der Waals surface area contributed by atoms with Gasteiger partial charge in [0.2, 0.25) is 5.91 Å². The maximum Gasteiger partial charge on any atom is 0.251 e. The fourth-order valence-electron chi connectivity index (χ4n) is 4.18. The Morgan fingerprint density at radius 1 is 1.12 bits per heavy atom. The molecule has 1 aromatic heterocycles. The summed E-state index contributed by atoms with van der Waals surface area (Å²) in [5.41, 5.74) is 6.73. The summed E-state index contributed by atoms with van der Waals surface area (Å²) in [6.45, 7) is 0.720. The van der Waals surface area contributed by atoms with Crippen molar-refractivity contribution in [2.75, 3.05) is 6.54 Å².